The van der Waals surface area contributed by atoms with E-state index in [-0.39, 0.29) is 5.97 Å². The van der Waals surface area contributed by atoms with Gasteiger partial charge >= 0.3 is 5.97 Å². The minimum Gasteiger partial charge on any atom is -0.497 e. The van der Waals surface area contributed by atoms with Gasteiger partial charge in [-0.25, -0.2) is 0 Å². The fraction of sp³-hybridized carbons (Fsp3) is 0.318. The molecule has 0 amide bonds. The van der Waals surface area contributed by atoms with Crippen LogP contribution < -0.4 is 19.8 Å². The first-order chi connectivity index (χ1) is 12.6. The quantitative estimate of drug-likeness (QED) is 0.287. The third-order valence-electron chi connectivity index (χ3n) is 4.93. The lowest BCUT2D eigenvalue weighted by atomic mass is 10.0. The maximum atomic E-state index is 11.5. The molecule has 0 spiro atoms. The molecule has 0 heterocycles. The zero-order chi connectivity index (χ0) is 19.9. The maximum absolute atomic E-state index is 11.5. The SMILES string of the molecule is COc1cc2cc3cc(OC(C)=O)c([SiH](C)C)cc3cc2cc1[Si](C)(C)C. The van der Waals surface area contributed by atoms with Crippen LogP contribution in [0.15, 0.2) is 36.4 Å². The van der Waals surface area contributed by atoms with Gasteiger partial charge in [-0.15, -0.1) is 0 Å². The van der Waals surface area contributed by atoms with Gasteiger partial charge in [0.15, 0.2) is 0 Å². The highest BCUT2D eigenvalue weighted by molar-refractivity contribution is 6.89. The van der Waals surface area contributed by atoms with E-state index in [9.17, 15) is 4.79 Å². The summed E-state index contributed by atoms with van der Waals surface area (Å²) in [7, 11) is -0.913. The largest absolute Gasteiger partial charge is 0.497 e. The molecule has 0 aliphatic rings. The summed E-state index contributed by atoms with van der Waals surface area (Å²) in [5, 5.41) is 7.19. The molecule has 0 saturated heterocycles. The Morgan fingerprint density at radius 1 is 0.852 bits per heavy atom. The summed E-state index contributed by atoms with van der Waals surface area (Å²) in [5.74, 6) is 1.40. The summed E-state index contributed by atoms with van der Waals surface area (Å²) in [6.45, 7) is 13.0. The van der Waals surface area contributed by atoms with Crippen LogP contribution in [-0.4, -0.2) is 29.9 Å². The van der Waals surface area contributed by atoms with Crippen LogP contribution in [0.3, 0.4) is 0 Å². The molecule has 0 bridgehead atoms. The maximum Gasteiger partial charge on any atom is 0.308 e. The molecule has 5 heteroatoms. The molecule has 0 saturated carbocycles. The summed E-state index contributed by atoms with van der Waals surface area (Å²) in [6, 6.07) is 13.1. The van der Waals surface area contributed by atoms with E-state index in [4.69, 9.17) is 9.47 Å². The van der Waals surface area contributed by atoms with Gasteiger partial charge in [-0.05, 0) is 56.2 Å². The van der Waals surface area contributed by atoms with Crippen molar-refractivity contribution >= 4 is 54.8 Å². The molecular formula is C22H28O3Si2. The summed E-state index contributed by atoms with van der Waals surface area (Å²) < 4.78 is 11.2. The van der Waals surface area contributed by atoms with Crippen LogP contribution in [0.1, 0.15) is 6.92 Å². The molecule has 142 valence electrons. The highest BCUT2D eigenvalue weighted by atomic mass is 28.3. The Hall–Kier alpha value is -2.12. The van der Waals surface area contributed by atoms with Crippen LogP contribution >= 0.6 is 0 Å². The van der Waals surface area contributed by atoms with Crippen molar-refractivity contribution in [1.82, 2.24) is 0 Å². The van der Waals surface area contributed by atoms with Crippen molar-refractivity contribution < 1.29 is 14.3 Å². The number of carbonyl (C=O) groups excluding carboxylic acids is 1. The molecule has 0 N–H and O–H groups in total. The molecule has 0 aromatic heterocycles. The molecule has 0 aliphatic carbocycles. The number of rotatable bonds is 4. The predicted octanol–water partition coefficient (Wildman–Crippen LogP) is 4.17. The van der Waals surface area contributed by atoms with Gasteiger partial charge in [0, 0.05) is 6.92 Å². The van der Waals surface area contributed by atoms with Crippen LogP contribution in [0.25, 0.3) is 21.5 Å². The number of esters is 1. The normalized spacial score (nSPS) is 12.0. The highest BCUT2D eigenvalue weighted by Gasteiger charge is 2.22. The molecular weight excluding hydrogens is 368 g/mol. The number of carbonyl (C=O) groups is 1. The lowest BCUT2D eigenvalue weighted by Crippen LogP contribution is -2.38. The van der Waals surface area contributed by atoms with Crippen molar-refractivity contribution in [2.45, 2.75) is 39.7 Å². The Labute approximate surface area is 163 Å². The number of ether oxygens (including phenoxy) is 2. The van der Waals surface area contributed by atoms with E-state index in [0.29, 0.717) is 5.75 Å². The van der Waals surface area contributed by atoms with Gasteiger partial charge < -0.3 is 9.47 Å². The van der Waals surface area contributed by atoms with Crippen molar-refractivity contribution in [1.29, 1.82) is 0 Å². The number of hydrogen-bond acceptors (Lipinski definition) is 3. The van der Waals surface area contributed by atoms with Crippen molar-refractivity contribution in [3.63, 3.8) is 0 Å². The highest BCUT2D eigenvalue weighted by Crippen LogP contribution is 2.29. The second kappa shape index (κ2) is 7.13. The minimum atomic E-state index is -1.52. The van der Waals surface area contributed by atoms with Gasteiger partial charge in [0.05, 0.1) is 24.0 Å². The van der Waals surface area contributed by atoms with Crippen LogP contribution in [-0.2, 0) is 4.79 Å². The second-order valence-electron chi connectivity index (χ2n) is 8.49. The summed E-state index contributed by atoms with van der Waals surface area (Å²) >= 11 is 0. The Bertz CT molecular complexity index is 1030. The van der Waals surface area contributed by atoms with E-state index in [1.807, 2.05) is 6.07 Å². The number of benzene rings is 3. The van der Waals surface area contributed by atoms with E-state index in [1.54, 1.807) is 7.11 Å². The average molecular weight is 397 g/mol. The third-order valence-corrected chi connectivity index (χ3v) is 8.63. The van der Waals surface area contributed by atoms with Gasteiger partial charge in [-0.2, -0.15) is 0 Å². The third kappa shape index (κ3) is 3.94. The lowest BCUT2D eigenvalue weighted by molar-refractivity contribution is -0.131. The first kappa shape index (κ1) is 19.6. The fourth-order valence-electron chi connectivity index (χ4n) is 3.53. The second-order valence-corrected chi connectivity index (χ2v) is 16.5. The van der Waals surface area contributed by atoms with Crippen LogP contribution in [0.2, 0.25) is 32.7 Å². The van der Waals surface area contributed by atoms with E-state index in [2.05, 4.69) is 63.1 Å². The van der Waals surface area contributed by atoms with E-state index >= 15 is 0 Å². The van der Waals surface area contributed by atoms with Crippen molar-refractivity contribution in [3.8, 4) is 11.5 Å². The molecule has 0 aliphatic heterocycles. The van der Waals surface area contributed by atoms with Crippen LogP contribution in [0.4, 0.5) is 0 Å². The standard InChI is InChI=1S/C22H28O3Si2/c1-14(23)25-19-10-15-8-16-11-20(24-2)22(27(5,6)7)13-18(16)9-17(15)12-21(19)26(3)4/h8-13,26H,1-7H3. The Morgan fingerprint density at radius 3 is 1.85 bits per heavy atom. The fourth-order valence-corrected chi connectivity index (χ4v) is 6.25. The molecule has 3 rings (SSSR count). The topological polar surface area (TPSA) is 35.5 Å². The van der Waals surface area contributed by atoms with E-state index in [0.717, 1.165) is 16.5 Å². The van der Waals surface area contributed by atoms with Crippen molar-refractivity contribution in [2.24, 2.45) is 0 Å². The van der Waals surface area contributed by atoms with Crippen molar-refractivity contribution in [3.05, 3.63) is 36.4 Å². The Kier molecular flexibility index (Phi) is 5.19. The van der Waals surface area contributed by atoms with Crippen LogP contribution in [0.5, 0.6) is 11.5 Å². The smallest absolute Gasteiger partial charge is 0.308 e. The molecule has 0 fully saturated rings. The van der Waals surface area contributed by atoms with Gasteiger partial charge in [0.1, 0.15) is 11.5 Å². The van der Waals surface area contributed by atoms with Gasteiger partial charge in [0.25, 0.3) is 0 Å². The predicted molar refractivity (Wildman–Crippen MR) is 121 cm³/mol. The number of fused-ring (bicyclic) bond motifs is 2. The lowest BCUT2D eigenvalue weighted by Gasteiger charge is -2.21. The average Bonchev–Trinajstić information content (AvgIpc) is 2.56. The van der Waals surface area contributed by atoms with E-state index < -0.39 is 16.9 Å². The Morgan fingerprint density at radius 2 is 1.37 bits per heavy atom. The minimum absolute atomic E-state index is 0.271. The van der Waals surface area contributed by atoms with Gasteiger partial charge in [-0.1, -0.05) is 44.9 Å². The number of hydrogen-bond donors (Lipinski definition) is 0. The summed E-state index contributed by atoms with van der Waals surface area (Å²) in [5.41, 5.74) is 0. The molecule has 3 aromatic rings. The molecule has 3 aromatic carbocycles. The van der Waals surface area contributed by atoms with Gasteiger partial charge in [-0.3, -0.25) is 4.79 Å². The summed E-state index contributed by atoms with van der Waals surface area (Å²) in [4.78, 5) is 11.5. The molecule has 0 atom stereocenters. The molecule has 0 unspecified atom stereocenters. The molecule has 3 nitrogen and oxygen atoms in total. The first-order valence-corrected chi connectivity index (χ1v) is 15.8. The van der Waals surface area contributed by atoms with Gasteiger partial charge in [0.2, 0.25) is 0 Å². The monoisotopic (exact) mass is 396 g/mol. The first-order valence-electron chi connectivity index (χ1n) is 9.38. The zero-order valence-corrected chi connectivity index (χ0v) is 19.4. The van der Waals surface area contributed by atoms with Crippen molar-refractivity contribution in [2.75, 3.05) is 7.11 Å². The van der Waals surface area contributed by atoms with Crippen LogP contribution in [0, 0.1) is 0 Å². The van der Waals surface area contributed by atoms with E-state index in [1.165, 1.54) is 28.1 Å². The zero-order valence-electron chi connectivity index (χ0n) is 17.3. The molecule has 27 heavy (non-hydrogen) atoms. The summed E-state index contributed by atoms with van der Waals surface area (Å²) in [6.07, 6.45) is 0. The number of methoxy groups -OCH3 is 1. The Balaban J connectivity index is 2.30. The molecule has 0 radical (unpaired) electrons.